The van der Waals surface area contributed by atoms with Crippen LogP contribution in [0, 0.1) is 0 Å². The van der Waals surface area contributed by atoms with Gasteiger partial charge in [-0.3, -0.25) is 14.3 Å². The maximum Gasteiger partial charge on any atom is 0.261 e. The molecule has 1 saturated heterocycles. The van der Waals surface area contributed by atoms with Crippen LogP contribution in [0.4, 0.5) is 8.78 Å². The number of hydrogen-bond acceptors (Lipinski definition) is 6. The van der Waals surface area contributed by atoms with Crippen molar-refractivity contribution in [3.05, 3.63) is 71.7 Å². The predicted molar refractivity (Wildman–Crippen MR) is 127 cm³/mol. The Bertz CT molecular complexity index is 1350. The van der Waals surface area contributed by atoms with Gasteiger partial charge in [0.15, 0.2) is 5.65 Å². The van der Waals surface area contributed by atoms with E-state index in [0.717, 1.165) is 59.9 Å². The molecule has 0 spiro atoms. The summed E-state index contributed by atoms with van der Waals surface area (Å²) in [5.41, 5.74) is 5.98. The summed E-state index contributed by atoms with van der Waals surface area (Å²) in [6.07, 6.45) is 8.50. The average Bonchev–Trinajstić information content (AvgIpc) is 3.61. The van der Waals surface area contributed by atoms with E-state index in [1.165, 1.54) is 11.1 Å². The van der Waals surface area contributed by atoms with E-state index in [4.69, 9.17) is 9.72 Å². The number of ether oxygens (including phenoxy) is 1. The first-order valence-corrected chi connectivity index (χ1v) is 12.0. The number of benzene rings is 1. The molecule has 2 aliphatic heterocycles. The Morgan fingerprint density at radius 2 is 1.97 bits per heavy atom. The molecule has 0 amide bonds. The fourth-order valence-corrected chi connectivity index (χ4v) is 5.03. The van der Waals surface area contributed by atoms with E-state index in [2.05, 4.69) is 21.2 Å². The van der Waals surface area contributed by atoms with Gasteiger partial charge in [-0.1, -0.05) is 18.2 Å². The van der Waals surface area contributed by atoms with Gasteiger partial charge in [0.05, 0.1) is 13.2 Å². The van der Waals surface area contributed by atoms with Crippen LogP contribution in [0.25, 0.3) is 16.8 Å². The number of likely N-dealkylation sites (tertiary alicyclic amines) is 1. The molecule has 0 saturated carbocycles. The van der Waals surface area contributed by atoms with Crippen molar-refractivity contribution < 1.29 is 13.5 Å². The maximum absolute atomic E-state index is 13.4. The van der Waals surface area contributed by atoms with E-state index in [1.807, 2.05) is 34.9 Å². The minimum atomic E-state index is -2.56. The lowest BCUT2D eigenvalue weighted by Gasteiger charge is -2.15. The van der Waals surface area contributed by atoms with Crippen LogP contribution in [0.1, 0.15) is 29.1 Å². The summed E-state index contributed by atoms with van der Waals surface area (Å²) < 4.78 is 34.4. The highest BCUT2D eigenvalue weighted by Crippen LogP contribution is 2.30. The molecule has 0 atom stereocenters. The smallest absolute Gasteiger partial charge is 0.261 e. The SMILES string of the molecule is FC1(F)CCN(CCc2ccc(-c3cnc(CCc4cccc5c4CCO5)n4cnnc34)cn2)C1. The predicted octanol–water partition coefficient (Wildman–Crippen LogP) is 3.79. The van der Waals surface area contributed by atoms with E-state index >= 15 is 0 Å². The van der Waals surface area contributed by atoms with E-state index in [1.54, 1.807) is 17.4 Å². The normalized spacial score (nSPS) is 17.1. The molecule has 0 bridgehead atoms. The van der Waals surface area contributed by atoms with Crippen LogP contribution in [-0.4, -0.2) is 61.6 Å². The molecule has 35 heavy (non-hydrogen) atoms. The van der Waals surface area contributed by atoms with Gasteiger partial charge in [0.25, 0.3) is 5.92 Å². The molecular formula is C26H26F2N6O. The summed E-state index contributed by atoms with van der Waals surface area (Å²) in [5, 5.41) is 8.47. The van der Waals surface area contributed by atoms with Gasteiger partial charge < -0.3 is 4.74 Å². The number of nitrogens with zero attached hydrogens (tertiary/aromatic N) is 6. The second kappa shape index (κ2) is 8.96. The second-order valence-corrected chi connectivity index (χ2v) is 9.28. The van der Waals surface area contributed by atoms with Crippen molar-refractivity contribution in [2.45, 2.75) is 38.0 Å². The van der Waals surface area contributed by atoms with E-state index in [0.29, 0.717) is 19.5 Å². The third kappa shape index (κ3) is 4.48. The molecule has 0 aliphatic carbocycles. The lowest BCUT2D eigenvalue weighted by molar-refractivity contribution is 0.0123. The Morgan fingerprint density at radius 1 is 1.03 bits per heavy atom. The zero-order chi connectivity index (χ0) is 23.8. The molecule has 0 unspecified atom stereocenters. The summed E-state index contributed by atoms with van der Waals surface area (Å²) in [5.74, 6) is -0.665. The first-order chi connectivity index (χ1) is 17.1. The molecule has 3 aromatic heterocycles. The van der Waals surface area contributed by atoms with Crippen LogP contribution in [0.5, 0.6) is 5.75 Å². The Hall–Kier alpha value is -3.46. The number of aromatic nitrogens is 5. The number of halogens is 2. The minimum Gasteiger partial charge on any atom is -0.493 e. The molecule has 1 aromatic carbocycles. The highest BCUT2D eigenvalue weighted by Gasteiger charge is 2.37. The number of alkyl halides is 2. The third-order valence-corrected chi connectivity index (χ3v) is 6.94. The molecule has 5 heterocycles. The summed E-state index contributed by atoms with van der Waals surface area (Å²) >= 11 is 0. The number of aryl methyl sites for hydroxylation is 2. The largest absolute Gasteiger partial charge is 0.493 e. The van der Waals surface area contributed by atoms with Crippen molar-refractivity contribution in [1.82, 2.24) is 29.5 Å². The highest BCUT2D eigenvalue weighted by molar-refractivity contribution is 5.76. The zero-order valence-electron chi connectivity index (χ0n) is 19.3. The molecule has 2 aliphatic rings. The van der Waals surface area contributed by atoms with Crippen LogP contribution >= 0.6 is 0 Å². The molecule has 6 rings (SSSR count). The Kier molecular flexibility index (Phi) is 5.64. The molecule has 1 fully saturated rings. The van der Waals surface area contributed by atoms with Crippen LogP contribution in [-0.2, 0) is 25.7 Å². The van der Waals surface area contributed by atoms with E-state index in [-0.39, 0.29) is 13.0 Å². The van der Waals surface area contributed by atoms with Crippen molar-refractivity contribution in [2.24, 2.45) is 0 Å². The van der Waals surface area contributed by atoms with Crippen molar-refractivity contribution in [3.8, 4) is 16.9 Å². The van der Waals surface area contributed by atoms with Crippen LogP contribution in [0.2, 0.25) is 0 Å². The molecule has 180 valence electrons. The third-order valence-electron chi connectivity index (χ3n) is 6.94. The lowest BCUT2D eigenvalue weighted by Crippen LogP contribution is -2.27. The summed E-state index contributed by atoms with van der Waals surface area (Å²) in [6, 6.07) is 10.2. The average molecular weight is 477 g/mol. The Labute approximate surface area is 201 Å². The molecule has 9 heteroatoms. The minimum absolute atomic E-state index is 0.0569. The van der Waals surface area contributed by atoms with Gasteiger partial charge in [-0.25, -0.2) is 13.8 Å². The fraction of sp³-hybridized carbons (Fsp3) is 0.385. The number of pyridine rings is 1. The lowest BCUT2D eigenvalue weighted by atomic mass is 10.0. The molecule has 0 radical (unpaired) electrons. The van der Waals surface area contributed by atoms with E-state index in [9.17, 15) is 8.78 Å². The monoisotopic (exact) mass is 476 g/mol. The van der Waals surface area contributed by atoms with Gasteiger partial charge in [-0.2, -0.15) is 0 Å². The standard InChI is InChI=1S/C26H26F2N6O/c27-26(28)10-12-33(16-26)11-8-20-6-4-19(14-29-20)22-15-30-24(34-17-31-32-25(22)34)7-5-18-2-1-3-23-21(18)9-13-35-23/h1-4,6,14-15,17H,5,7-13,16H2. The number of fused-ring (bicyclic) bond motifs is 2. The number of rotatable bonds is 7. The van der Waals surface area contributed by atoms with Gasteiger partial charge in [0.2, 0.25) is 0 Å². The van der Waals surface area contributed by atoms with Crippen LogP contribution in [0.15, 0.2) is 49.1 Å². The highest BCUT2D eigenvalue weighted by atomic mass is 19.3. The molecule has 4 aromatic rings. The first-order valence-electron chi connectivity index (χ1n) is 12.0. The zero-order valence-corrected chi connectivity index (χ0v) is 19.3. The molecule has 0 N–H and O–H groups in total. The van der Waals surface area contributed by atoms with E-state index < -0.39 is 5.92 Å². The van der Waals surface area contributed by atoms with Gasteiger partial charge in [-0.15, -0.1) is 10.2 Å². The Balaban J connectivity index is 1.16. The maximum atomic E-state index is 13.4. The number of hydrogen-bond donors (Lipinski definition) is 0. The quantitative estimate of drug-likeness (QED) is 0.404. The molecule has 7 nitrogen and oxygen atoms in total. The topological polar surface area (TPSA) is 68.4 Å². The van der Waals surface area contributed by atoms with Gasteiger partial charge in [0.1, 0.15) is 17.9 Å². The van der Waals surface area contributed by atoms with Crippen LogP contribution in [0.3, 0.4) is 0 Å². The summed E-state index contributed by atoms with van der Waals surface area (Å²) in [7, 11) is 0. The Morgan fingerprint density at radius 3 is 2.80 bits per heavy atom. The first kappa shape index (κ1) is 22.0. The summed E-state index contributed by atoms with van der Waals surface area (Å²) in [6.45, 7) is 1.61. The van der Waals surface area contributed by atoms with Crippen molar-refractivity contribution in [2.75, 3.05) is 26.2 Å². The van der Waals surface area contributed by atoms with Crippen molar-refractivity contribution in [1.29, 1.82) is 0 Å². The fourth-order valence-electron chi connectivity index (χ4n) is 5.03. The van der Waals surface area contributed by atoms with Crippen molar-refractivity contribution >= 4 is 5.65 Å². The second-order valence-electron chi connectivity index (χ2n) is 9.28. The van der Waals surface area contributed by atoms with Crippen molar-refractivity contribution in [3.63, 3.8) is 0 Å². The summed E-state index contributed by atoms with van der Waals surface area (Å²) in [4.78, 5) is 11.1. The van der Waals surface area contributed by atoms with Crippen LogP contribution < -0.4 is 4.74 Å². The van der Waals surface area contributed by atoms with Gasteiger partial charge in [-0.05, 0) is 24.1 Å². The van der Waals surface area contributed by atoms with Gasteiger partial charge in [0, 0.05) is 73.6 Å². The molecular weight excluding hydrogens is 450 g/mol. The van der Waals surface area contributed by atoms with Gasteiger partial charge >= 0.3 is 0 Å².